The summed E-state index contributed by atoms with van der Waals surface area (Å²) in [6.07, 6.45) is 0. The summed E-state index contributed by atoms with van der Waals surface area (Å²) in [6, 6.07) is 4.52. The van der Waals surface area contributed by atoms with Crippen molar-refractivity contribution in [1.82, 2.24) is 4.90 Å². The number of hydrogen-bond donors (Lipinski definition) is 0. The highest BCUT2D eigenvalue weighted by Gasteiger charge is 2.50. The van der Waals surface area contributed by atoms with E-state index in [4.69, 9.17) is 4.74 Å². The van der Waals surface area contributed by atoms with Gasteiger partial charge in [0.2, 0.25) is 5.91 Å². The average Bonchev–Trinajstić information content (AvgIpc) is 2.63. The number of non-ortho nitro benzene ring substituents is 1. The van der Waals surface area contributed by atoms with Gasteiger partial charge in [-0.1, -0.05) is 27.7 Å². The smallest absolute Gasteiger partial charge is 0.362 e. The number of thioether (sulfide) groups is 1. The predicted molar refractivity (Wildman–Crippen MR) is 99.6 cm³/mol. The highest BCUT2D eigenvalue weighted by atomic mass is 79.9. The maximum absolute atomic E-state index is 12.5. The molecule has 0 aromatic heterocycles. The summed E-state index contributed by atoms with van der Waals surface area (Å²) in [5.74, 6) is -2.51. The molecule has 1 aliphatic heterocycles. The summed E-state index contributed by atoms with van der Waals surface area (Å²) in [5, 5.41) is 10.0. The molecular weight excluding hydrogens is 444 g/mol. The minimum atomic E-state index is -1.05. The van der Waals surface area contributed by atoms with E-state index in [1.165, 1.54) is 0 Å². The molecule has 1 aromatic rings. The molecule has 142 valence electrons. The second-order valence-corrected chi connectivity index (χ2v) is 7.50. The zero-order valence-corrected chi connectivity index (χ0v) is 16.5. The Hall–Kier alpha value is -2.53. The number of halogens is 1. The van der Waals surface area contributed by atoms with E-state index in [1.807, 2.05) is 0 Å². The van der Waals surface area contributed by atoms with Gasteiger partial charge in [-0.25, -0.2) is 9.59 Å². The third kappa shape index (κ3) is 4.25. The molecule has 2 atom stereocenters. The number of β-lactam (4-membered cyclic amide) rings is 1. The Kier molecular flexibility index (Phi) is 6.50. The fourth-order valence-corrected chi connectivity index (χ4v) is 3.84. The maximum Gasteiger partial charge on any atom is 0.362 e. The highest BCUT2D eigenvalue weighted by molar-refractivity contribution is 9.10. The van der Waals surface area contributed by atoms with Crippen molar-refractivity contribution in [2.75, 3.05) is 0 Å². The van der Waals surface area contributed by atoms with Gasteiger partial charge in [0.25, 0.3) is 5.69 Å². The summed E-state index contributed by atoms with van der Waals surface area (Å²) in [7, 11) is 0. The number of rotatable bonds is 6. The minimum absolute atomic E-state index is 0.0609. The molecule has 1 heterocycles. The highest BCUT2D eigenvalue weighted by Crippen LogP contribution is 2.38. The zero-order chi connectivity index (χ0) is 20.3. The van der Waals surface area contributed by atoms with Gasteiger partial charge in [-0.2, -0.15) is 0 Å². The van der Waals surface area contributed by atoms with Crippen LogP contribution in [0.4, 0.5) is 5.69 Å². The quantitative estimate of drug-likeness (QED) is 0.0933. The van der Waals surface area contributed by atoms with Crippen LogP contribution in [0.1, 0.15) is 24.2 Å². The minimum Gasteiger partial charge on any atom is -0.385 e. The van der Waals surface area contributed by atoms with Crippen molar-refractivity contribution in [3.8, 4) is 0 Å². The molecule has 0 spiro atoms. The molecule has 1 amide bonds. The molecule has 9 nitrogen and oxygen atoms in total. The first-order valence-electron chi connectivity index (χ1n) is 7.43. The van der Waals surface area contributed by atoms with E-state index in [2.05, 4.69) is 15.9 Å². The van der Waals surface area contributed by atoms with E-state index in [0.717, 1.165) is 40.9 Å². The first kappa shape index (κ1) is 20.8. The molecule has 1 unspecified atom stereocenters. The van der Waals surface area contributed by atoms with E-state index in [9.17, 15) is 29.3 Å². The lowest BCUT2D eigenvalue weighted by Gasteiger charge is -2.43. The molecule has 27 heavy (non-hydrogen) atoms. The van der Waals surface area contributed by atoms with Crippen molar-refractivity contribution in [3.05, 3.63) is 51.2 Å². The molecule has 1 aliphatic rings. The van der Waals surface area contributed by atoms with Gasteiger partial charge in [0.1, 0.15) is 15.9 Å². The fraction of sp³-hybridized carbons (Fsp3) is 0.250. The standard InChI is InChI=1S/C16H13BrN2O7S/c1-8(2)12(18-13(21)11(17)14(18)27-7-20)16(23)26-15(22)9-3-5-10(6-4-9)19(24)25/h3-7,11,14H,1-2H3/t11-,14?/m0/s1. The first-order chi connectivity index (χ1) is 12.7. The number of carbonyl (C=O) groups is 4. The van der Waals surface area contributed by atoms with Crippen molar-refractivity contribution in [2.24, 2.45) is 0 Å². The van der Waals surface area contributed by atoms with Crippen LogP contribution in [-0.2, 0) is 19.1 Å². The summed E-state index contributed by atoms with van der Waals surface area (Å²) in [4.78, 5) is 58.0. The predicted octanol–water partition coefficient (Wildman–Crippen LogP) is 2.43. The molecule has 2 rings (SSSR count). The second-order valence-electron chi connectivity index (χ2n) is 5.56. The topological polar surface area (TPSA) is 124 Å². The summed E-state index contributed by atoms with van der Waals surface area (Å²) in [6.45, 7) is 3.12. The Morgan fingerprint density at radius 2 is 1.89 bits per heavy atom. The van der Waals surface area contributed by atoms with Gasteiger partial charge in [0.05, 0.1) is 10.5 Å². The van der Waals surface area contributed by atoms with Crippen LogP contribution in [-0.4, -0.2) is 43.5 Å². The van der Waals surface area contributed by atoms with Crippen LogP contribution in [0.2, 0.25) is 0 Å². The molecule has 0 aliphatic carbocycles. The van der Waals surface area contributed by atoms with Crippen LogP contribution in [0.25, 0.3) is 0 Å². The van der Waals surface area contributed by atoms with Crippen molar-refractivity contribution >= 4 is 56.8 Å². The normalized spacial score (nSPS) is 18.3. The monoisotopic (exact) mass is 456 g/mol. The Morgan fingerprint density at radius 3 is 2.37 bits per heavy atom. The Morgan fingerprint density at radius 1 is 1.30 bits per heavy atom. The Labute approximate surface area is 166 Å². The van der Waals surface area contributed by atoms with Crippen LogP contribution < -0.4 is 0 Å². The van der Waals surface area contributed by atoms with Gasteiger partial charge in [-0.15, -0.1) is 0 Å². The number of allylic oxidation sites excluding steroid dienone is 1. The van der Waals surface area contributed by atoms with Crippen LogP contribution >= 0.6 is 27.7 Å². The number of alkyl halides is 1. The molecule has 0 N–H and O–H groups in total. The average molecular weight is 457 g/mol. The summed E-state index contributed by atoms with van der Waals surface area (Å²) < 4.78 is 4.81. The number of hydrogen-bond acceptors (Lipinski definition) is 8. The van der Waals surface area contributed by atoms with Crippen LogP contribution in [0.5, 0.6) is 0 Å². The van der Waals surface area contributed by atoms with Crippen LogP contribution in [0.3, 0.4) is 0 Å². The number of amides is 1. The van der Waals surface area contributed by atoms with Gasteiger partial charge in [0.15, 0.2) is 5.62 Å². The molecular formula is C16H13BrN2O7S. The van der Waals surface area contributed by atoms with Crippen molar-refractivity contribution in [1.29, 1.82) is 0 Å². The number of nitro benzene ring substituents is 1. The Balaban J connectivity index is 2.19. The number of nitrogens with zero attached hydrogens (tertiary/aromatic N) is 2. The van der Waals surface area contributed by atoms with E-state index in [-0.39, 0.29) is 16.9 Å². The van der Waals surface area contributed by atoms with Gasteiger partial charge >= 0.3 is 11.9 Å². The van der Waals surface area contributed by atoms with Gasteiger partial charge in [0, 0.05) is 12.1 Å². The third-order valence-corrected chi connectivity index (χ3v) is 5.70. The van der Waals surface area contributed by atoms with E-state index >= 15 is 0 Å². The number of esters is 2. The van der Waals surface area contributed by atoms with Crippen molar-refractivity contribution in [3.63, 3.8) is 0 Å². The van der Waals surface area contributed by atoms with E-state index in [0.29, 0.717) is 11.2 Å². The SMILES string of the molecule is CC(C)=C(C(=O)OC(=O)c1ccc([N+](=O)[O-])cc1)N1C(=O)[C@H](Br)C1SC=O. The Bertz CT molecular complexity index is 849. The van der Waals surface area contributed by atoms with Crippen LogP contribution in [0.15, 0.2) is 35.5 Å². The number of benzene rings is 1. The lowest BCUT2D eigenvalue weighted by atomic mass is 10.1. The zero-order valence-electron chi connectivity index (χ0n) is 14.1. The number of ether oxygens (including phenoxy) is 1. The first-order valence-corrected chi connectivity index (χ1v) is 9.29. The van der Waals surface area contributed by atoms with Gasteiger partial charge < -0.3 is 4.74 Å². The maximum atomic E-state index is 12.5. The van der Waals surface area contributed by atoms with E-state index in [1.54, 1.807) is 13.8 Å². The lowest BCUT2D eigenvalue weighted by molar-refractivity contribution is -0.384. The second kappa shape index (κ2) is 8.44. The number of carbonyl (C=O) groups excluding carboxylic acids is 4. The van der Waals surface area contributed by atoms with Crippen LogP contribution in [0, 0.1) is 10.1 Å². The molecule has 1 aromatic carbocycles. The van der Waals surface area contributed by atoms with Crippen molar-refractivity contribution < 1.29 is 28.8 Å². The van der Waals surface area contributed by atoms with Crippen molar-refractivity contribution in [2.45, 2.75) is 24.0 Å². The summed E-state index contributed by atoms with van der Waals surface area (Å²) >= 11 is 3.95. The number of likely N-dealkylation sites (tertiary alicyclic amines) is 1. The largest absolute Gasteiger partial charge is 0.385 e. The molecule has 11 heteroatoms. The third-order valence-electron chi connectivity index (χ3n) is 3.58. The number of nitro groups is 1. The molecule has 0 radical (unpaired) electrons. The molecule has 1 saturated heterocycles. The lowest BCUT2D eigenvalue weighted by Crippen LogP contribution is -2.61. The fourth-order valence-electron chi connectivity index (χ4n) is 2.31. The molecule has 0 saturated carbocycles. The van der Waals surface area contributed by atoms with Gasteiger partial charge in [-0.3, -0.25) is 24.6 Å². The molecule has 1 fully saturated rings. The van der Waals surface area contributed by atoms with Gasteiger partial charge in [-0.05, 0) is 31.6 Å². The summed E-state index contributed by atoms with van der Waals surface area (Å²) in [5.41, 5.74) is 0.556. The molecule has 0 bridgehead atoms. The van der Waals surface area contributed by atoms with E-state index < -0.39 is 33.0 Å².